The van der Waals surface area contributed by atoms with E-state index in [-0.39, 0.29) is 32.7 Å². The van der Waals surface area contributed by atoms with Crippen molar-refractivity contribution in [2.75, 3.05) is 0 Å². The molecule has 24 valence electrons. The second-order valence-electron chi connectivity index (χ2n) is 0. The summed E-state index contributed by atoms with van der Waals surface area (Å²) in [6.45, 7) is 3.25. The van der Waals surface area contributed by atoms with E-state index in [4.69, 9.17) is 4.79 Å². The standard InChI is InChI=1S/CHO.H4Si.Ti/c1-2;;/h1H;1H4;/q-1;;. The van der Waals surface area contributed by atoms with E-state index >= 15 is 0 Å². The molecule has 0 saturated heterocycles. The molecular weight excluding hydrogens is 104 g/mol. The average Bonchev–Trinajstić information content (AvgIpc) is 1.00. The van der Waals surface area contributed by atoms with Crippen molar-refractivity contribution in [1.29, 1.82) is 0 Å². The molecule has 0 atom stereocenters. The molecule has 3 heteroatoms. The molecule has 0 aromatic rings. The Balaban J connectivity index is -0.00000000500. The number of hydrogen-bond donors (Lipinski definition) is 0. The largest absolute Gasteiger partial charge is 0.545 e. The Labute approximate surface area is 44.7 Å². The maximum atomic E-state index is 7.75. The minimum Gasteiger partial charge on any atom is -0.545 e. The van der Waals surface area contributed by atoms with Crippen LogP contribution in [0.2, 0.25) is 0 Å². The van der Waals surface area contributed by atoms with Crippen molar-refractivity contribution in [2.45, 2.75) is 0 Å². The normalized spacial score (nSPS) is 1.00. The molecule has 0 N–H and O–H groups in total. The fourth-order valence-corrected chi connectivity index (χ4v) is 0. The molecule has 0 aromatic carbocycles. The van der Waals surface area contributed by atoms with Gasteiger partial charge >= 0.3 is 0 Å². The van der Waals surface area contributed by atoms with Crippen molar-refractivity contribution in [1.82, 2.24) is 0 Å². The van der Waals surface area contributed by atoms with Gasteiger partial charge in [0.15, 0.2) is 0 Å². The quantitative estimate of drug-likeness (QED) is 0.205. The summed E-state index contributed by atoms with van der Waals surface area (Å²) in [5.74, 6) is 0. The topological polar surface area (TPSA) is 17.1 Å². The van der Waals surface area contributed by atoms with E-state index in [0.29, 0.717) is 0 Å². The summed E-state index contributed by atoms with van der Waals surface area (Å²) in [6, 6.07) is 0. The van der Waals surface area contributed by atoms with Gasteiger partial charge in [0.1, 0.15) is 0 Å². The fraction of sp³-hybridized carbons (Fsp3) is 0. The molecule has 4 heavy (non-hydrogen) atoms. The maximum Gasteiger partial charge on any atom is 0 e. The minimum absolute atomic E-state index is 0. The monoisotopic (exact) mass is 109 g/mol. The zero-order chi connectivity index (χ0) is 2.00. The van der Waals surface area contributed by atoms with Gasteiger partial charge in [-0.05, 0) is 11.0 Å². The van der Waals surface area contributed by atoms with Gasteiger partial charge in [-0.15, -0.1) is 0 Å². The van der Waals surface area contributed by atoms with Gasteiger partial charge in [0.25, 0.3) is 0 Å². The molecule has 0 bridgehead atoms. The predicted molar refractivity (Wildman–Crippen MR) is 18.1 cm³/mol. The van der Waals surface area contributed by atoms with Gasteiger partial charge < -0.3 is 4.79 Å². The van der Waals surface area contributed by atoms with Crippen LogP contribution in [0.3, 0.4) is 0 Å². The second-order valence-corrected chi connectivity index (χ2v) is 0. The van der Waals surface area contributed by atoms with E-state index in [2.05, 4.69) is 6.79 Å². The predicted octanol–water partition coefficient (Wildman–Crippen LogP) is -1.73. The third-order valence-electron chi connectivity index (χ3n) is 0. The summed E-state index contributed by atoms with van der Waals surface area (Å²) in [5.41, 5.74) is 0. The molecule has 0 heterocycles. The maximum absolute atomic E-state index is 7.75. The molecule has 0 rings (SSSR count). The van der Waals surface area contributed by atoms with Crippen molar-refractivity contribution in [3.63, 3.8) is 0 Å². The summed E-state index contributed by atoms with van der Waals surface area (Å²) in [4.78, 5) is 7.75. The van der Waals surface area contributed by atoms with Gasteiger partial charge in [-0.2, -0.15) is 0 Å². The van der Waals surface area contributed by atoms with Gasteiger partial charge in [0.05, 0.1) is 0 Å². The van der Waals surface area contributed by atoms with Crippen LogP contribution >= 0.6 is 0 Å². The Hall–Kier alpha value is 0.601. The third-order valence-corrected chi connectivity index (χ3v) is 0. The van der Waals surface area contributed by atoms with E-state index in [1.807, 2.05) is 0 Å². The molecule has 0 amide bonds. The van der Waals surface area contributed by atoms with Crippen LogP contribution in [0.25, 0.3) is 0 Å². The zero-order valence-corrected chi connectivity index (χ0v) is 3.05. The first-order valence-electron chi connectivity index (χ1n) is 0.236. The van der Waals surface area contributed by atoms with Crippen molar-refractivity contribution >= 4 is 17.8 Å². The molecule has 0 aromatic heterocycles. The SMILES string of the molecule is [CH-]=O.[SiH4].[Ti]. The van der Waals surface area contributed by atoms with Gasteiger partial charge in [-0.1, -0.05) is 0 Å². The summed E-state index contributed by atoms with van der Waals surface area (Å²) in [7, 11) is 0. The van der Waals surface area contributed by atoms with E-state index in [1.165, 1.54) is 0 Å². The van der Waals surface area contributed by atoms with Crippen LogP contribution in [0.15, 0.2) is 0 Å². The first kappa shape index (κ1) is 23.3. The second kappa shape index (κ2) is 67.4. The Bertz CT molecular complexity index is 8.00. The summed E-state index contributed by atoms with van der Waals surface area (Å²) < 4.78 is 0. The smallest absolute Gasteiger partial charge is 0 e. The van der Waals surface area contributed by atoms with Crippen molar-refractivity contribution in [3.8, 4) is 0 Å². The van der Waals surface area contributed by atoms with Crippen LogP contribution < -0.4 is 0 Å². The third kappa shape index (κ3) is 18.5. The molecule has 0 fully saturated rings. The van der Waals surface area contributed by atoms with Crippen LogP contribution in [0.5, 0.6) is 0 Å². The van der Waals surface area contributed by atoms with Crippen molar-refractivity contribution < 1.29 is 26.5 Å². The van der Waals surface area contributed by atoms with Crippen LogP contribution in [-0.2, 0) is 26.5 Å². The summed E-state index contributed by atoms with van der Waals surface area (Å²) in [6.07, 6.45) is 0. The average molecular weight is 109 g/mol. The number of hydrogen-bond acceptors (Lipinski definition) is 1. The summed E-state index contributed by atoms with van der Waals surface area (Å²) >= 11 is 0. The summed E-state index contributed by atoms with van der Waals surface area (Å²) in [5, 5.41) is 0. The van der Waals surface area contributed by atoms with Crippen LogP contribution in [-0.4, -0.2) is 17.8 Å². The minimum atomic E-state index is 0. The molecule has 0 unspecified atom stereocenters. The Morgan fingerprint density at radius 1 is 1.25 bits per heavy atom. The molecule has 0 saturated carbocycles. The van der Waals surface area contributed by atoms with Gasteiger partial charge in [0, 0.05) is 21.7 Å². The van der Waals surface area contributed by atoms with Crippen LogP contribution in [0.4, 0.5) is 0 Å². The zero-order valence-electron chi connectivity index (χ0n) is 1.49. The number of rotatable bonds is 0. The Kier molecular flexibility index (Phi) is 392. The van der Waals surface area contributed by atoms with Crippen LogP contribution in [0.1, 0.15) is 0 Å². The van der Waals surface area contributed by atoms with Gasteiger partial charge in [-0.25, -0.2) is 0 Å². The first-order valence-corrected chi connectivity index (χ1v) is 0.236. The molecule has 0 aliphatic rings. The number of carbonyl (C=O) groups excluding carboxylic acids is 1. The molecular formula is CH5OSiTi-. The van der Waals surface area contributed by atoms with E-state index in [1.54, 1.807) is 0 Å². The Morgan fingerprint density at radius 2 is 1.25 bits per heavy atom. The molecule has 0 aliphatic heterocycles. The van der Waals surface area contributed by atoms with Crippen molar-refractivity contribution in [2.24, 2.45) is 0 Å². The molecule has 0 radical (unpaired) electrons. The van der Waals surface area contributed by atoms with E-state index in [0.717, 1.165) is 0 Å². The van der Waals surface area contributed by atoms with Gasteiger partial charge in [0.2, 0.25) is 0 Å². The van der Waals surface area contributed by atoms with Gasteiger partial charge in [-0.3, -0.25) is 6.79 Å². The fourth-order valence-electron chi connectivity index (χ4n) is 0. The van der Waals surface area contributed by atoms with Crippen molar-refractivity contribution in [3.05, 3.63) is 0 Å². The Morgan fingerprint density at radius 3 is 1.25 bits per heavy atom. The molecule has 0 aliphatic carbocycles. The van der Waals surface area contributed by atoms with E-state index < -0.39 is 0 Å². The van der Waals surface area contributed by atoms with E-state index in [9.17, 15) is 0 Å². The molecule has 0 spiro atoms. The first-order chi connectivity index (χ1) is 1.00. The van der Waals surface area contributed by atoms with Crippen LogP contribution in [0, 0.1) is 0 Å². The molecule has 1 nitrogen and oxygen atoms in total.